The number of halogens is 3. The number of sulfonamides is 1. The molecule has 2 aromatic carbocycles. The summed E-state index contributed by atoms with van der Waals surface area (Å²) in [6.07, 6.45) is -1.86. The third kappa shape index (κ3) is 7.20. The van der Waals surface area contributed by atoms with E-state index in [2.05, 4.69) is 10.2 Å². The van der Waals surface area contributed by atoms with Gasteiger partial charge in [-0.3, -0.25) is 9.48 Å². The maximum Gasteiger partial charge on any atom is 0.416 e. The number of likely N-dealkylation sites (tertiary alicyclic amines) is 1. The zero-order chi connectivity index (χ0) is 30.9. The molecule has 2 aliphatic rings. The fourth-order valence-electron chi connectivity index (χ4n) is 5.74. The van der Waals surface area contributed by atoms with Gasteiger partial charge >= 0.3 is 6.18 Å². The van der Waals surface area contributed by atoms with Crippen LogP contribution in [-0.2, 0) is 42.3 Å². The third-order valence-corrected chi connectivity index (χ3v) is 9.10. The van der Waals surface area contributed by atoms with E-state index < -0.39 is 40.3 Å². The number of hydrogen-bond acceptors (Lipinski definition) is 7. The molecule has 0 spiro atoms. The van der Waals surface area contributed by atoms with Crippen LogP contribution in [0.15, 0.2) is 42.5 Å². The first-order valence-electron chi connectivity index (χ1n) is 14.0. The minimum absolute atomic E-state index is 0.00366. The number of benzene rings is 2. The number of carbonyl (C=O) groups is 1. The average molecular weight is 622 g/mol. The maximum absolute atomic E-state index is 14.0. The van der Waals surface area contributed by atoms with Crippen LogP contribution in [0, 0.1) is 0 Å². The average Bonchev–Trinajstić information content (AvgIpc) is 3.58. The van der Waals surface area contributed by atoms with Gasteiger partial charge in [0.2, 0.25) is 10.0 Å². The first-order valence-corrected chi connectivity index (χ1v) is 15.9. The lowest BCUT2D eigenvalue weighted by atomic mass is 9.97. The van der Waals surface area contributed by atoms with Crippen LogP contribution in [0.2, 0.25) is 0 Å². The highest BCUT2D eigenvalue weighted by molar-refractivity contribution is 7.88. The second kappa shape index (κ2) is 12.3. The number of aliphatic hydroxyl groups is 1. The molecule has 232 valence electrons. The fourth-order valence-corrected chi connectivity index (χ4v) is 6.53. The number of phenols is 1. The van der Waals surface area contributed by atoms with E-state index in [0.717, 1.165) is 43.9 Å². The van der Waals surface area contributed by atoms with Crippen LogP contribution >= 0.6 is 0 Å². The van der Waals surface area contributed by atoms with Crippen LogP contribution in [0.1, 0.15) is 45.6 Å². The van der Waals surface area contributed by atoms with Crippen LogP contribution in [0.5, 0.6) is 5.75 Å². The Morgan fingerprint density at radius 3 is 2.51 bits per heavy atom. The van der Waals surface area contributed by atoms with Gasteiger partial charge in [-0.15, -0.1) is 0 Å². The van der Waals surface area contributed by atoms with Crippen molar-refractivity contribution in [2.75, 3.05) is 32.4 Å². The summed E-state index contributed by atoms with van der Waals surface area (Å²) < 4.78 is 69.7. The largest absolute Gasteiger partial charge is 0.508 e. The number of rotatable bonds is 9. The number of aliphatic hydroxyl groups excluding tert-OH is 1. The molecule has 1 saturated heterocycles. The number of hydrogen-bond donors (Lipinski definition) is 3. The Kier molecular flexibility index (Phi) is 8.84. The van der Waals surface area contributed by atoms with Crippen molar-refractivity contribution in [1.82, 2.24) is 24.3 Å². The minimum atomic E-state index is -4.70. The molecule has 14 heteroatoms. The molecule has 0 bridgehead atoms. The summed E-state index contributed by atoms with van der Waals surface area (Å²) in [5, 5.41) is 27.7. The molecular formula is C29H34F3N5O5S. The van der Waals surface area contributed by atoms with E-state index in [9.17, 15) is 36.6 Å². The van der Waals surface area contributed by atoms with E-state index in [1.807, 2.05) is 0 Å². The molecule has 10 nitrogen and oxygen atoms in total. The number of amides is 1. The summed E-state index contributed by atoms with van der Waals surface area (Å²) in [5.41, 5.74) is 0.908. The molecule has 1 atom stereocenters. The highest BCUT2D eigenvalue weighted by atomic mass is 32.2. The van der Waals surface area contributed by atoms with Gasteiger partial charge in [-0.2, -0.15) is 22.6 Å². The fraction of sp³-hybridized carbons (Fsp3) is 0.448. The smallest absolute Gasteiger partial charge is 0.416 e. The number of nitrogens with one attached hydrogen (secondary N) is 1. The normalized spacial score (nSPS) is 17.1. The summed E-state index contributed by atoms with van der Waals surface area (Å²) in [6.45, 7) is 2.19. The Labute approximate surface area is 247 Å². The molecule has 1 aromatic heterocycles. The van der Waals surface area contributed by atoms with Gasteiger partial charge in [0, 0.05) is 55.0 Å². The lowest BCUT2D eigenvalue weighted by molar-refractivity contribution is -0.138. The summed E-state index contributed by atoms with van der Waals surface area (Å²) >= 11 is 0. The number of aromatic nitrogens is 2. The molecule has 3 aromatic rings. The Morgan fingerprint density at radius 1 is 1.09 bits per heavy atom. The molecule has 0 aliphatic carbocycles. The zero-order valence-corrected chi connectivity index (χ0v) is 24.5. The second-order valence-corrected chi connectivity index (χ2v) is 13.0. The van der Waals surface area contributed by atoms with Gasteiger partial charge in [0.1, 0.15) is 5.75 Å². The van der Waals surface area contributed by atoms with Gasteiger partial charge in [-0.1, -0.05) is 12.1 Å². The lowest BCUT2D eigenvalue weighted by Crippen LogP contribution is -2.37. The Morgan fingerprint density at radius 2 is 1.84 bits per heavy atom. The molecule has 43 heavy (non-hydrogen) atoms. The van der Waals surface area contributed by atoms with E-state index in [4.69, 9.17) is 5.10 Å². The van der Waals surface area contributed by atoms with Gasteiger partial charge < -0.3 is 20.4 Å². The second-order valence-electron chi connectivity index (χ2n) is 11.1. The van der Waals surface area contributed by atoms with Crippen molar-refractivity contribution >= 4 is 15.9 Å². The van der Waals surface area contributed by atoms with Crippen molar-refractivity contribution in [3.63, 3.8) is 0 Å². The van der Waals surface area contributed by atoms with E-state index >= 15 is 0 Å². The number of carbonyl (C=O) groups excluding carboxylic acids is 1. The first kappa shape index (κ1) is 31.0. The van der Waals surface area contributed by atoms with Gasteiger partial charge in [0.05, 0.1) is 30.2 Å². The third-order valence-electron chi connectivity index (χ3n) is 7.85. The van der Waals surface area contributed by atoms with Crippen LogP contribution in [-0.4, -0.2) is 82.1 Å². The predicted octanol–water partition coefficient (Wildman–Crippen LogP) is 2.98. The number of nitrogens with zero attached hydrogens (tertiary/aromatic N) is 4. The molecule has 0 radical (unpaired) electrons. The molecule has 0 saturated carbocycles. The molecule has 3 N–H and O–H groups in total. The van der Waals surface area contributed by atoms with Crippen LogP contribution in [0.4, 0.5) is 13.2 Å². The van der Waals surface area contributed by atoms with Crippen molar-refractivity contribution in [3.05, 3.63) is 70.4 Å². The predicted molar refractivity (Wildman–Crippen MR) is 153 cm³/mol. The Balaban J connectivity index is 1.49. The molecule has 5 rings (SSSR count). The standard InChI is InChI=1S/C29H34F3N5O5S/c1-43(41,42)36-12-9-26-24(18-36)27(34-37(26)17-23(39)16-35-10-2-3-11-35)19-7-8-25(29(30,31)32)21(13-19)15-33-28(40)20-5-4-6-22(38)14-20/h4-8,13-14,23,38-39H,2-3,9-12,15-18H2,1H3,(H,33,40). The van der Waals surface area contributed by atoms with Crippen molar-refractivity contribution in [2.45, 2.75) is 51.2 Å². The maximum atomic E-state index is 14.0. The molecule has 3 heterocycles. The highest BCUT2D eigenvalue weighted by Gasteiger charge is 2.35. The van der Waals surface area contributed by atoms with Crippen molar-refractivity contribution < 1.29 is 36.6 Å². The van der Waals surface area contributed by atoms with Crippen molar-refractivity contribution in [2.24, 2.45) is 0 Å². The van der Waals surface area contributed by atoms with E-state index in [1.54, 1.807) is 4.68 Å². The van der Waals surface area contributed by atoms with Crippen LogP contribution in [0.3, 0.4) is 0 Å². The molecule has 1 unspecified atom stereocenters. The van der Waals surface area contributed by atoms with E-state index in [0.29, 0.717) is 29.8 Å². The quantitative estimate of drug-likeness (QED) is 0.335. The van der Waals surface area contributed by atoms with Gasteiger partial charge in [0.25, 0.3) is 5.91 Å². The van der Waals surface area contributed by atoms with Crippen molar-refractivity contribution in [1.29, 1.82) is 0 Å². The molecule has 1 amide bonds. The van der Waals surface area contributed by atoms with E-state index in [1.165, 1.54) is 40.7 Å². The van der Waals surface area contributed by atoms with Crippen molar-refractivity contribution in [3.8, 4) is 17.0 Å². The van der Waals surface area contributed by atoms with Crippen LogP contribution in [0.25, 0.3) is 11.3 Å². The SMILES string of the molecule is CS(=O)(=O)N1CCc2c(c(-c3ccc(C(F)(F)F)c(CNC(=O)c4cccc(O)c4)c3)nn2CC(O)CN2CCCC2)C1. The number of β-amino-alcohol motifs (C(OH)–C–C–N with tert-alkyl or cyclic N) is 1. The first-order chi connectivity index (χ1) is 20.3. The summed E-state index contributed by atoms with van der Waals surface area (Å²) in [6, 6.07) is 8.98. The molecular weight excluding hydrogens is 587 g/mol. The van der Waals surface area contributed by atoms with Gasteiger partial charge in [0.15, 0.2) is 0 Å². The van der Waals surface area contributed by atoms with Gasteiger partial charge in [-0.25, -0.2) is 8.42 Å². The number of alkyl halides is 3. The topological polar surface area (TPSA) is 128 Å². The summed E-state index contributed by atoms with van der Waals surface area (Å²) in [4.78, 5) is 14.8. The molecule has 2 aliphatic heterocycles. The Bertz CT molecular complexity index is 1600. The van der Waals surface area contributed by atoms with Gasteiger partial charge in [-0.05, 0) is 61.8 Å². The highest BCUT2D eigenvalue weighted by Crippen LogP contribution is 2.37. The minimum Gasteiger partial charge on any atom is -0.508 e. The monoisotopic (exact) mass is 621 g/mol. The molecule has 1 fully saturated rings. The number of phenolic OH excluding ortho intramolecular Hbond substituents is 1. The number of aromatic hydroxyl groups is 1. The lowest BCUT2D eigenvalue weighted by Gasteiger charge is -2.26. The Hall–Kier alpha value is -3.46. The van der Waals surface area contributed by atoms with E-state index in [-0.39, 0.29) is 36.5 Å². The summed E-state index contributed by atoms with van der Waals surface area (Å²) in [7, 11) is -3.55. The summed E-state index contributed by atoms with van der Waals surface area (Å²) in [5.74, 6) is -0.813. The zero-order valence-electron chi connectivity index (χ0n) is 23.6. The van der Waals surface area contributed by atoms with Crippen LogP contribution < -0.4 is 5.32 Å². The number of fused-ring (bicyclic) bond motifs is 1.